The van der Waals surface area contributed by atoms with Crippen molar-refractivity contribution in [1.29, 1.82) is 0 Å². The Morgan fingerprint density at radius 1 is 0.825 bits per heavy atom. The first-order chi connectivity index (χ1) is 19.4. The maximum Gasteiger partial charge on any atom is 0.270 e. The summed E-state index contributed by atoms with van der Waals surface area (Å²) in [6, 6.07) is 20.0. The van der Waals surface area contributed by atoms with Crippen LogP contribution in [-0.4, -0.2) is 60.9 Å². The molecule has 0 unspecified atom stereocenters. The highest BCUT2D eigenvalue weighted by molar-refractivity contribution is 6.08. The fourth-order valence-corrected chi connectivity index (χ4v) is 5.42. The summed E-state index contributed by atoms with van der Waals surface area (Å²) in [4.78, 5) is 43.4. The first kappa shape index (κ1) is 27.2. The number of non-ortho nitro benzene ring substituents is 1. The van der Waals surface area contributed by atoms with Gasteiger partial charge >= 0.3 is 0 Å². The van der Waals surface area contributed by atoms with E-state index in [1.807, 2.05) is 53.4 Å². The van der Waals surface area contributed by atoms with E-state index >= 15 is 0 Å². The molecule has 0 atom stereocenters. The zero-order chi connectivity index (χ0) is 28.1. The zero-order valence-corrected chi connectivity index (χ0v) is 22.8. The predicted molar refractivity (Wildman–Crippen MR) is 157 cm³/mol. The molecule has 2 aliphatic heterocycles. The van der Waals surface area contributed by atoms with Crippen LogP contribution in [0.25, 0.3) is 0 Å². The number of anilines is 3. The van der Waals surface area contributed by atoms with Gasteiger partial charge in [-0.25, -0.2) is 0 Å². The van der Waals surface area contributed by atoms with E-state index in [9.17, 15) is 19.7 Å². The Morgan fingerprint density at radius 2 is 1.50 bits per heavy atom. The van der Waals surface area contributed by atoms with Crippen LogP contribution in [0.2, 0.25) is 0 Å². The Kier molecular flexibility index (Phi) is 8.28. The Morgan fingerprint density at radius 3 is 2.12 bits per heavy atom. The van der Waals surface area contributed by atoms with Crippen molar-refractivity contribution in [2.45, 2.75) is 32.6 Å². The molecule has 2 heterocycles. The van der Waals surface area contributed by atoms with Gasteiger partial charge in [0, 0.05) is 68.3 Å². The summed E-state index contributed by atoms with van der Waals surface area (Å²) < 4.78 is 0. The maximum atomic E-state index is 13.3. The smallest absolute Gasteiger partial charge is 0.270 e. The Balaban J connectivity index is 1.22. The van der Waals surface area contributed by atoms with Crippen LogP contribution >= 0.6 is 0 Å². The molecule has 40 heavy (non-hydrogen) atoms. The van der Waals surface area contributed by atoms with E-state index in [1.54, 1.807) is 6.07 Å². The predicted octanol–water partition coefficient (Wildman–Crippen LogP) is 5.36. The van der Waals surface area contributed by atoms with Gasteiger partial charge in [-0.3, -0.25) is 19.7 Å². The molecule has 5 rings (SSSR count). The number of nitro groups is 1. The number of benzene rings is 3. The molecule has 0 bridgehead atoms. The first-order valence-corrected chi connectivity index (χ1v) is 14.0. The lowest BCUT2D eigenvalue weighted by molar-refractivity contribution is -0.384. The summed E-state index contributed by atoms with van der Waals surface area (Å²) >= 11 is 0. The number of piperidine rings is 1. The summed E-state index contributed by atoms with van der Waals surface area (Å²) in [5.41, 5.74) is 4.51. The number of carbonyl (C=O) groups excluding carboxylic acids is 2. The van der Waals surface area contributed by atoms with Gasteiger partial charge in [0.25, 0.3) is 17.5 Å². The van der Waals surface area contributed by atoms with Gasteiger partial charge in [-0.15, -0.1) is 0 Å². The summed E-state index contributed by atoms with van der Waals surface area (Å²) in [5, 5.41) is 14.3. The minimum absolute atomic E-state index is 0.0606. The van der Waals surface area contributed by atoms with Gasteiger partial charge in [0.2, 0.25) is 0 Å². The van der Waals surface area contributed by atoms with Crippen molar-refractivity contribution < 1.29 is 14.5 Å². The Labute approximate surface area is 234 Å². The Hall–Kier alpha value is -4.40. The number of rotatable bonds is 7. The minimum atomic E-state index is -0.471. The van der Waals surface area contributed by atoms with E-state index in [0.29, 0.717) is 24.3 Å². The van der Waals surface area contributed by atoms with E-state index < -0.39 is 4.92 Å². The van der Waals surface area contributed by atoms with Crippen molar-refractivity contribution in [3.8, 4) is 0 Å². The Bertz CT molecular complexity index is 1360. The molecule has 9 nitrogen and oxygen atoms in total. The molecule has 0 saturated carbocycles. The van der Waals surface area contributed by atoms with Crippen LogP contribution < -0.4 is 15.1 Å². The molecule has 2 amide bonds. The second-order valence-corrected chi connectivity index (χ2v) is 10.3. The molecule has 208 valence electrons. The lowest BCUT2D eigenvalue weighted by atomic mass is 10.1. The third kappa shape index (κ3) is 6.09. The summed E-state index contributed by atoms with van der Waals surface area (Å²) in [5.74, 6) is -0.304. The molecule has 2 saturated heterocycles. The third-order valence-corrected chi connectivity index (χ3v) is 7.80. The number of piperazine rings is 1. The summed E-state index contributed by atoms with van der Waals surface area (Å²) in [6.45, 7) is 6.47. The lowest BCUT2D eigenvalue weighted by Crippen LogP contribution is -2.48. The fourth-order valence-electron chi connectivity index (χ4n) is 5.42. The monoisotopic (exact) mass is 541 g/mol. The first-order valence-electron chi connectivity index (χ1n) is 14.0. The molecular weight excluding hydrogens is 506 g/mol. The van der Waals surface area contributed by atoms with E-state index in [0.717, 1.165) is 68.8 Å². The normalized spacial score (nSPS) is 15.6. The van der Waals surface area contributed by atoms with E-state index in [2.05, 4.69) is 22.0 Å². The molecule has 2 fully saturated rings. The van der Waals surface area contributed by atoms with Crippen LogP contribution in [0.15, 0.2) is 66.7 Å². The van der Waals surface area contributed by atoms with Crippen molar-refractivity contribution in [2.24, 2.45) is 0 Å². The SMILES string of the molecule is CCc1ccc(C(=O)N2CCN(c3ccc(NC(=O)c4cc([N+](=O)[O-])ccc4N4CCCCC4)cc3)CC2)cc1. The van der Waals surface area contributed by atoms with E-state index in [-0.39, 0.29) is 17.5 Å². The van der Waals surface area contributed by atoms with Gasteiger partial charge in [-0.05, 0) is 73.7 Å². The van der Waals surface area contributed by atoms with Crippen molar-refractivity contribution in [2.75, 3.05) is 54.4 Å². The van der Waals surface area contributed by atoms with Crippen LogP contribution in [-0.2, 0) is 6.42 Å². The number of nitrogens with one attached hydrogen (secondary N) is 1. The molecule has 9 heteroatoms. The second kappa shape index (κ2) is 12.2. The summed E-state index contributed by atoms with van der Waals surface area (Å²) in [6.07, 6.45) is 4.17. The number of hydrogen-bond donors (Lipinski definition) is 1. The zero-order valence-electron chi connectivity index (χ0n) is 22.8. The standard InChI is InChI=1S/C31H35N5O4/c1-2-23-6-8-24(9-7-23)31(38)35-20-18-33(19-21-35)26-12-10-25(11-13-26)32-30(37)28-22-27(36(39)40)14-15-29(28)34-16-4-3-5-17-34/h6-15,22H,2-5,16-21H2,1H3,(H,32,37). The van der Waals surface area contributed by atoms with Crippen LogP contribution in [0.1, 0.15) is 52.5 Å². The molecule has 2 aliphatic rings. The van der Waals surface area contributed by atoms with Crippen LogP contribution in [0.3, 0.4) is 0 Å². The molecule has 0 radical (unpaired) electrons. The van der Waals surface area contributed by atoms with Crippen LogP contribution in [0.5, 0.6) is 0 Å². The van der Waals surface area contributed by atoms with E-state index in [1.165, 1.54) is 17.7 Å². The summed E-state index contributed by atoms with van der Waals surface area (Å²) in [7, 11) is 0. The fraction of sp³-hybridized carbons (Fsp3) is 0.355. The molecular formula is C31H35N5O4. The number of hydrogen-bond acceptors (Lipinski definition) is 6. The van der Waals surface area contributed by atoms with Crippen LogP contribution in [0.4, 0.5) is 22.7 Å². The molecule has 3 aromatic carbocycles. The number of nitro benzene ring substituents is 1. The van der Waals surface area contributed by atoms with Crippen molar-refractivity contribution >= 4 is 34.6 Å². The minimum Gasteiger partial charge on any atom is -0.371 e. The number of aryl methyl sites for hydroxylation is 1. The van der Waals surface area contributed by atoms with E-state index in [4.69, 9.17) is 0 Å². The molecule has 3 aromatic rings. The van der Waals surface area contributed by atoms with Gasteiger partial charge in [0.15, 0.2) is 0 Å². The van der Waals surface area contributed by atoms with Gasteiger partial charge in [0.05, 0.1) is 16.2 Å². The third-order valence-electron chi connectivity index (χ3n) is 7.80. The second-order valence-electron chi connectivity index (χ2n) is 10.3. The number of carbonyl (C=O) groups is 2. The molecule has 0 aromatic heterocycles. The molecule has 0 aliphatic carbocycles. The highest BCUT2D eigenvalue weighted by Gasteiger charge is 2.24. The van der Waals surface area contributed by atoms with Gasteiger partial charge in [-0.2, -0.15) is 0 Å². The van der Waals surface area contributed by atoms with Gasteiger partial charge < -0.3 is 20.0 Å². The molecule has 1 N–H and O–H groups in total. The number of amides is 2. The topological polar surface area (TPSA) is 99.0 Å². The molecule has 0 spiro atoms. The quantitative estimate of drug-likeness (QED) is 0.319. The average molecular weight is 542 g/mol. The van der Waals surface area contributed by atoms with Gasteiger partial charge in [0.1, 0.15) is 0 Å². The largest absolute Gasteiger partial charge is 0.371 e. The number of nitrogens with zero attached hydrogens (tertiary/aromatic N) is 4. The van der Waals surface area contributed by atoms with Crippen molar-refractivity contribution in [3.05, 3.63) is 93.5 Å². The van der Waals surface area contributed by atoms with Crippen molar-refractivity contribution in [3.63, 3.8) is 0 Å². The maximum absolute atomic E-state index is 13.3. The average Bonchev–Trinajstić information content (AvgIpc) is 3.01. The van der Waals surface area contributed by atoms with Crippen molar-refractivity contribution in [1.82, 2.24) is 4.90 Å². The lowest BCUT2D eigenvalue weighted by Gasteiger charge is -2.36. The highest BCUT2D eigenvalue weighted by Crippen LogP contribution is 2.29. The highest BCUT2D eigenvalue weighted by atomic mass is 16.6. The van der Waals surface area contributed by atoms with Gasteiger partial charge in [-0.1, -0.05) is 19.1 Å². The van der Waals surface area contributed by atoms with Crippen LogP contribution in [0, 0.1) is 10.1 Å².